The molecule has 3 heteroatoms. The number of hydrogen-bond acceptors (Lipinski definition) is 3. The first-order chi connectivity index (χ1) is 9.08. The fourth-order valence-corrected chi connectivity index (χ4v) is 3.94. The second-order valence-electron chi connectivity index (χ2n) is 6.68. The molecule has 0 aromatic carbocycles. The lowest BCUT2D eigenvalue weighted by Crippen LogP contribution is -2.43. The van der Waals surface area contributed by atoms with Crippen molar-refractivity contribution >= 4 is 11.3 Å². The summed E-state index contributed by atoms with van der Waals surface area (Å²) in [5, 5.41) is 15.5. The van der Waals surface area contributed by atoms with E-state index in [1.165, 1.54) is 37.0 Å². The lowest BCUT2D eigenvalue weighted by molar-refractivity contribution is 0.0802. The molecule has 1 saturated carbocycles. The Hall–Kier alpha value is -0.380. The van der Waals surface area contributed by atoms with E-state index in [-0.39, 0.29) is 10.8 Å². The fraction of sp³-hybridized carbons (Fsp3) is 0.750. The minimum atomic E-state index is 0.143. The third-order valence-electron chi connectivity index (χ3n) is 4.50. The summed E-state index contributed by atoms with van der Waals surface area (Å²) in [4.78, 5) is 1.43. The average molecular weight is 281 g/mol. The Bertz CT molecular complexity index is 366. The highest BCUT2D eigenvalue weighted by Gasteiger charge is 2.31. The minimum Gasteiger partial charge on any atom is -0.396 e. The van der Waals surface area contributed by atoms with Gasteiger partial charge in [0, 0.05) is 35.4 Å². The minimum absolute atomic E-state index is 0.143. The summed E-state index contributed by atoms with van der Waals surface area (Å²) in [5.74, 6) is 0. The van der Waals surface area contributed by atoms with Crippen LogP contribution in [0.2, 0.25) is 0 Å². The van der Waals surface area contributed by atoms with E-state index in [2.05, 4.69) is 36.7 Å². The molecule has 2 N–H and O–H groups in total. The number of aliphatic hydroxyl groups excluding tert-OH is 1. The van der Waals surface area contributed by atoms with E-state index in [1.807, 2.05) is 11.3 Å². The normalized spacial score (nSPS) is 19.5. The van der Waals surface area contributed by atoms with Crippen molar-refractivity contribution in [2.24, 2.45) is 5.41 Å². The molecule has 0 unspecified atom stereocenters. The predicted molar refractivity (Wildman–Crippen MR) is 82.8 cm³/mol. The standard InChI is InChI=1S/C16H27NOS/c1-15(2,14-7-6-10-19-14)11-17-12-16(13-18)8-4-3-5-9-16/h6-7,10,17-18H,3-5,8-9,11-13H2,1-2H3. The lowest BCUT2D eigenvalue weighted by atomic mass is 9.74. The van der Waals surface area contributed by atoms with Crippen molar-refractivity contribution in [3.63, 3.8) is 0 Å². The molecule has 1 aromatic rings. The molecular formula is C16H27NOS. The number of rotatable bonds is 6. The molecular weight excluding hydrogens is 254 g/mol. The first kappa shape index (κ1) is 15.0. The van der Waals surface area contributed by atoms with Gasteiger partial charge in [-0.15, -0.1) is 11.3 Å². The van der Waals surface area contributed by atoms with Crippen LogP contribution in [0.5, 0.6) is 0 Å². The summed E-state index contributed by atoms with van der Waals surface area (Å²) in [6.07, 6.45) is 6.24. The second-order valence-corrected chi connectivity index (χ2v) is 7.63. The molecule has 1 fully saturated rings. The summed E-state index contributed by atoms with van der Waals surface area (Å²) < 4.78 is 0. The van der Waals surface area contributed by atoms with Crippen LogP contribution in [0.25, 0.3) is 0 Å². The average Bonchev–Trinajstić information content (AvgIpc) is 2.94. The molecule has 0 radical (unpaired) electrons. The molecule has 0 aliphatic heterocycles. The van der Waals surface area contributed by atoms with Gasteiger partial charge in [-0.3, -0.25) is 0 Å². The monoisotopic (exact) mass is 281 g/mol. The van der Waals surface area contributed by atoms with Gasteiger partial charge < -0.3 is 10.4 Å². The van der Waals surface area contributed by atoms with Crippen LogP contribution in [-0.2, 0) is 5.41 Å². The van der Waals surface area contributed by atoms with E-state index >= 15 is 0 Å². The van der Waals surface area contributed by atoms with Gasteiger partial charge in [0.1, 0.15) is 0 Å². The van der Waals surface area contributed by atoms with Crippen molar-refractivity contribution < 1.29 is 5.11 Å². The third kappa shape index (κ3) is 3.80. The van der Waals surface area contributed by atoms with Crippen molar-refractivity contribution in [2.75, 3.05) is 19.7 Å². The van der Waals surface area contributed by atoms with Gasteiger partial charge >= 0.3 is 0 Å². The van der Waals surface area contributed by atoms with Gasteiger partial charge in [-0.05, 0) is 24.3 Å². The van der Waals surface area contributed by atoms with Crippen LogP contribution in [0.15, 0.2) is 17.5 Å². The highest BCUT2D eigenvalue weighted by atomic mass is 32.1. The maximum atomic E-state index is 9.72. The quantitative estimate of drug-likeness (QED) is 0.835. The van der Waals surface area contributed by atoms with Gasteiger partial charge in [-0.2, -0.15) is 0 Å². The summed E-state index contributed by atoms with van der Waals surface area (Å²) in [6, 6.07) is 4.34. The molecule has 0 atom stereocenters. The Morgan fingerprint density at radius 1 is 1.32 bits per heavy atom. The smallest absolute Gasteiger partial charge is 0.0499 e. The van der Waals surface area contributed by atoms with Gasteiger partial charge in [0.05, 0.1) is 0 Å². The Kier molecular flexibility index (Phi) is 5.04. The molecule has 0 spiro atoms. The van der Waals surface area contributed by atoms with Gasteiger partial charge in [0.15, 0.2) is 0 Å². The Labute approximate surface area is 121 Å². The van der Waals surface area contributed by atoms with E-state index < -0.39 is 0 Å². The highest BCUT2D eigenvalue weighted by molar-refractivity contribution is 7.10. The highest BCUT2D eigenvalue weighted by Crippen LogP contribution is 2.35. The van der Waals surface area contributed by atoms with Gasteiger partial charge in [0.25, 0.3) is 0 Å². The zero-order valence-corrected chi connectivity index (χ0v) is 13.1. The summed E-state index contributed by atoms with van der Waals surface area (Å²) in [7, 11) is 0. The van der Waals surface area contributed by atoms with E-state index in [9.17, 15) is 5.11 Å². The van der Waals surface area contributed by atoms with Crippen molar-refractivity contribution in [3.05, 3.63) is 22.4 Å². The van der Waals surface area contributed by atoms with Crippen molar-refractivity contribution in [1.82, 2.24) is 5.32 Å². The zero-order valence-electron chi connectivity index (χ0n) is 12.2. The van der Waals surface area contributed by atoms with E-state index in [1.54, 1.807) is 0 Å². The van der Waals surface area contributed by atoms with Crippen LogP contribution in [0.1, 0.15) is 50.8 Å². The number of hydrogen-bond donors (Lipinski definition) is 2. The van der Waals surface area contributed by atoms with Crippen molar-refractivity contribution in [1.29, 1.82) is 0 Å². The first-order valence-electron chi connectivity index (χ1n) is 7.44. The van der Waals surface area contributed by atoms with Crippen LogP contribution < -0.4 is 5.32 Å². The number of thiophene rings is 1. The lowest BCUT2D eigenvalue weighted by Gasteiger charge is -2.37. The molecule has 1 aliphatic carbocycles. The SMILES string of the molecule is CC(C)(CNCC1(CO)CCCCC1)c1cccs1. The van der Waals surface area contributed by atoms with Crippen LogP contribution in [0.3, 0.4) is 0 Å². The first-order valence-corrected chi connectivity index (χ1v) is 8.32. The Morgan fingerprint density at radius 2 is 2.05 bits per heavy atom. The number of nitrogens with one attached hydrogen (secondary N) is 1. The predicted octanol–water partition coefficient (Wildman–Crippen LogP) is 3.56. The third-order valence-corrected chi connectivity index (χ3v) is 5.74. The Balaban J connectivity index is 1.85. The van der Waals surface area contributed by atoms with Gasteiger partial charge in [0.2, 0.25) is 0 Å². The van der Waals surface area contributed by atoms with Crippen LogP contribution in [0.4, 0.5) is 0 Å². The molecule has 2 rings (SSSR count). The second kappa shape index (κ2) is 6.38. The molecule has 108 valence electrons. The van der Waals surface area contributed by atoms with E-state index in [4.69, 9.17) is 0 Å². The summed E-state index contributed by atoms with van der Waals surface area (Å²) in [6.45, 7) is 6.85. The zero-order chi connectivity index (χ0) is 13.8. The molecule has 1 aliphatic rings. The topological polar surface area (TPSA) is 32.3 Å². The summed E-state index contributed by atoms with van der Waals surface area (Å²) >= 11 is 1.83. The maximum Gasteiger partial charge on any atom is 0.0499 e. The molecule has 1 heterocycles. The van der Waals surface area contributed by atoms with Crippen LogP contribution in [0, 0.1) is 5.41 Å². The van der Waals surface area contributed by atoms with Gasteiger partial charge in [-0.25, -0.2) is 0 Å². The summed E-state index contributed by atoms with van der Waals surface area (Å²) in [5.41, 5.74) is 0.323. The van der Waals surface area contributed by atoms with E-state index in [0.29, 0.717) is 6.61 Å². The van der Waals surface area contributed by atoms with Crippen molar-refractivity contribution in [2.45, 2.75) is 51.4 Å². The molecule has 2 nitrogen and oxygen atoms in total. The van der Waals surface area contributed by atoms with Gasteiger partial charge in [-0.1, -0.05) is 39.2 Å². The molecule has 0 bridgehead atoms. The van der Waals surface area contributed by atoms with Crippen LogP contribution >= 0.6 is 11.3 Å². The maximum absolute atomic E-state index is 9.72. The molecule has 1 aromatic heterocycles. The molecule has 0 saturated heterocycles. The van der Waals surface area contributed by atoms with Crippen molar-refractivity contribution in [3.8, 4) is 0 Å². The molecule has 19 heavy (non-hydrogen) atoms. The fourth-order valence-electron chi connectivity index (χ4n) is 3.08. The number of aliphatic hydroxyl groups is 1. The Morgan fingerprint density at radius 3 is 2.63 bits per heavy atom. The van der Waals surface area contributed by atoms with Crippen LogP contribution in [-0.4, -0.2) is 24.8 Å². The largest absolute Gasteiger partial charge is 0.396 e. The molecule has 0 amide bonds. The van der Waals surface area contributed by atoms with E-state index in [0.717, 1.165) is 13.1 Å².